The Hall–Kier alpha value is -3.39. The summed E-state index contributed by atoms with van der Waals surface area (Å²) in [5, 5.41) is 15.3. The highest BCUT2D eigenvalue weighted by molar-refractivity contribution is 7.84. The molecule has 0 saturated carbocycles. The number of nitrogens with one attached hydrogen (secondary N) is 1. The molecule has 0 radical (unpaired) electrons. The fourth-order valence-corrected chi connectivity index (χ4v) is 7.12. The van der Waals surface area contributed by atoms with Gasteiger partial charge in [-0.3, -0.25) is 18.8 Å². The van der Waals surface area contributed by atoms with Crippen molar-refractivity contribution >= 4 is 39.3 Å². The fourth-order valence-electron chi connectivity index (χ4n) is 6.41. The first kappa shape index (κ1) is 28.1. The van der Waals surface area contributed by atoms with E-state index in [1.165, 1.54) is 4.74 Å². The van der Waals surface area contributed by atoms with Crippen molar-refractivity contribution in [3.8, 4) is 0 Å². The number of aromatic nitrogens is 1. The van der Waals surface area contributed by atoms with Crippen LogP contribution in [0.1, 0.15) is 56.7 Å². The lowest BCUT2D eigenvalue weighted by Crippen LogP contribution is -2.38. The molecule has 212 valence electrons. The Morgan fingerprint density at radius 1 is 1.07 bits per heavy atom. The number of rotatable bonds is 6. The van der Waals surface area contributed by atoms with Crippen molar-refractivity contribution < 1.29 is 14.2 Å². The molecule has 0 aliphatic carbocycles. The van der Waals surface area contributed by atoms with Crippen LogP contribution in [-0.4, -0.2) is 44.3 Å². The number of hydroxylamine groups is 1. The topological polar surface area (TPSA) is 77.6 Å². The Morgan fingerprint density at radius 3 is 2.52 bits per heavy atom. The van der Waals surface area contributed by atoms with E-state index in [4.69, 9.17) is 0 Å². The summed E-state index contributed by atoms with van der Waals surface area (Å²) in [5.74, 6) is 1.97. The number of benzene rings is 2. The molecule has 3 atom stereocenters. The van der Waals surface area contributed by atoms with Crippen molar-refractivity contribution in [1.29, 1.82) is 0 Å². The van der Waals surface area contributed by atoms with Crippen LogP contribution in [0.15, 0.2) is 63.9 Å². The number of pyridine rings is 1. The molecule has 0 amide bonds. The van der Waals surface area contributed by atoms with Gasteiger partial charge < -0.3 is 10.2 Å². The van der Waals surface area contributed by atoms with Gasteiger partial charge in [-0.05, 0) is 96.5 Å². The zero-order chi connectivity index (χ0) is 28.6. The van der Waals surface area contributed by atoms with Crippen LogP contribution in [0.4, 0.5) is 11.5 Å². The van der Waals surface area contributed by atoms with E-state index in [1.54, 1.807) is 10.8 Å². The Balaban J connectivity index is 1.44. The van der Waals surface area contributed by atoms with Gasteiger partial charge in [0.25, 0.3) is 5.56 Å². The first-order valence-corrected chi connectivity index (χ1v) is 15.8. The molecule has 3 heterocycles. The molecule has 8 heteroatoms. The summed E-state index contributed by atoms with van der Waals surface area (Å²) < 4.78 is 15.4. The van der Waals surface area contributed by atoms with Gasteiger partial charge in [0.2, 0.25) is 5.70 Å². The molecule has 0 spiro atoms. The number of nitrogens with zero attached hydrogens (tertiary/aromatic N) is 3. The van der Waals surface area contributed by atoms with E-state index in [0.717, 1.165) is 82.8 Å². The molecular formula is C32H41N4O3S+. The van der Waals surface area contributed by atoms with E-state index in [9.17, 15) is 14.2 Å². The lowest BCUT2D eigenvalue weighted by atomic mass is 9.81. The van der Waals surface area contributed by atoms with Crippen LogP contribution in [0.5, 0.6) is 0 Å². The molecule has 5 rings (SSSR count). The average molecular weight is 562 g/mol. The Labute approximate surface area is 239 Å². The van der Waals surface area contributed by atoms with Crippen LogP contribution in [0, 0.1) is 18.8 Å². The first-order valence-electron chi connectivity index (χ1n) is 14.2. The van der Waals surface area contributed by atoms with Crippen molar-refractivity contribution in [2.75, 3.05) is 29.6 Å². The third-order valence-corrected chi connectivity index (χ3v) is 9.61. The van der Waals surface area contributed by atoms with Gasteiger partial charge in [0, 0.05) is 51.2 Å². The van der Waals surface area contributed by atoms with Crippen molar-refractivity contribution in [2.24, 2.45) is 18.9 Å². The number of anilines is 2. The Morgan fingerprint density at radius 2 is 1.80 bits per heavy atom. The van der Waals surface area contributed by atoms with Gasteiger partial charge in [-0.1, -0.05) is 18.2 Å². The van der Waals surface area contributed by atoms with Gasteiger partial charge in [0.05, 0.1) is 21.4 Å². The second-order valence-corrected chi connectivity index (χ2v) is 12.7. The van der Waals surface area contributed by atoms with Crippen LogP contribution in [-0.2, 0) is 17.8 Å². The van der Waals surface area contributed by atoms with Gasteiger partial charge >= 0.3 is 0 Å². The predicted octanol–water partition coefficient (Wildman–Crippen LogP) is 5.76. The smallest absolute Gasteiger partial charge is 0.259 e. The number of piperidine rings is 1. The molecular weight excluding hydrogens is 520 g/mol. The van der Waals surface area contributed by atoms with E-state index in [2.05, 4.69) is 35.3 Å². The summed E-state index contributed by atoms with van der Waals surface area (Å²) >= 11 is 0. The third kappa shape index (κ3) is 5.59. The Bertz CT molecular complexity index is 1570. The van der Waals surface area contributed by atoms with E-state index >= 15 is 0 Å². The SMILES string of the molecule is CC1=CC(C2CCN(c3cc4c([C@@H](C)Nc5ccccc5S(C)=O)cc(C)cc4c(=O)n3C)CC2)CCC=[N+]1O. The number of fused-ring (bicyclic) bond motifs is 1. The summed E-state index contributed by atoms with van der Waals surface area (Å²) in [7, 11) is 0.767. The molecule has 7 nitrogen and oxygen atoms in total. The molecule has 3 aromatic rings. The van der Waals surface area contributed by atoms with Gasteiger partial charge in [-0.15, -0.1) is 0 Å². The zero-order valence-electron chi connectivity index (χ0n) is 24.2. The molecule has 2 aliphatic rings. The maximum atomic E-state index is 13.7. The highest BCUT2D eigenvalue weighted by atomic mass is 32.2. The van der Waals surface area contributed by atoms with E-state index < -0.39 is 10.8 Å². The first-order chi connectivity index (χ1) is 19.1. The molecule has 1 fully saturated rings. The van der Waals surface area contributed by atoms with Crippen LogP contribution in [0.3, 0.4) is 0 Å². The summed E-state index contributed by atoms with van der Waals surface area (Å²) in [6, 6.07) is 13.9. The largest absolute Gasteiger partial charge is 0.378 e. The summed E-state index contributed by atoms with van der Waals surface area (Å²) in [4.78, 5) is 16.8. The molecule has 1 aromatic heterocycles. The monoisotopic (exact) mass is 561 g/mol. The quantitative estimate of drug-likeness (QED) is 0.296. The third-order valence-electron chi connectivity index (χ3n) is 8.63. The summed E-state index contributed by atoms with van der Waals surface area (Å²) in [5.41, 5.74) is 3.87. The second kappa shape index (κ2) is 11.6. The number of aryl methyl sites for hydroxylation is 1. The van der Waals surface area contributed by atoms with E-state index in [-0.39, 0.29) is 11.6 Å². The molecule has 40 heavy (non-hydrogen) atoms. The minimum atomic E-state index is -1.11. The Kier molecular flexibility index (Phi) is 8.17. The van der Waals surface area contributed by atoms with Gasteiger partial charge in [-0.25, -0.2) is 0 Å². The number of hydrogen-bond acceptors (Lipinski definition) is 5. The van der Waals surface area contributed by atoms with Crippen LogP contribution in [0.25, 0.3) is 10.8 Å². The molecule has 1 saturated heterocycles. The van der Waals surface area contributed by atoms with Crippen molar-refractivity contribution in [2.45, 2.75) is 57.4 Å². The maximum Gasteiger partial charge on any atom is 0.259 e. The van der Waals surface area contributed by atoms with Crippen molar-refractivity contribution in [3.63, 3.8) is 0 Å². The second-order valence-electron chi connectivity index (χ2n) is 11.4. The normalized spacial score (nSPS) is 20.0. The number of hydrogen-bond donors (Lipinski definition) is 2. The maximum absolute atomic E-state index is 13.7. The van der Waals surface area contributed by atoms with Gasteiger partial charge in [0.15, 0.2) is 6.21 Å². The highest BCUT2D eigenvalue weighted by Gasteiger charge is 2.29. The average Bonchev–Trinajstić information content (AvgIpc) is 3.11. The van der Waals surface area contributed by atoms with E-state index in [0.29, 0.717) is 11.8 Å². The minimum Gasteiger partial charge on any atom is -0.378 e. The number of para-hydroxylation sites is 1. The molecule has 0 bridgehead atoms. The van der Waals surface area contributed by atoms with Gasteiger partial charge in [0.1, 0.15) is 5.82 Å². The lowest BCUT2D eigenvalue weighted by Gasteiger charge is -2.37. The van der Waals surface area contributed by atoms with E-state index in [1.807, 2.05) is 57.4 Å². The van der Waals surface area contributed by atoms with Gasteiger partial charge in [-0.2, -0.15) is 0 Å². The molecule has 2 N–H and O–H groups in total. The predicted molar refractivity (Wildman–Crippen MR) is 164 cm³/mol. The van der Waals surface area contributed by atoms with Crippen LogP contribution >= 0.6 is 0 Å². The standard InChI is InChI=1S/C32H41N4O3S/c1-21-17-26(23(3)33-29-10-6-7-11-30(29)40(5)39)27-20-31(34(4)32(37)28(27)18-21)35-15-12-24(13-16-35)25-9-8-14-36(38)22(2)19-25/h6-7,10-11,14,17-20,23-25,33,38H,8-9,12-13,15-16H2,1-5H3/q+1/t23-,25?,40?/m1/s1. The minimum absolute atomic E-state index is 0.0164. The lowest BCUT2D eigenvalue weighted by molar-refractivity contribution is -0.735. The molecule has 2 unspecified atom stereocenters. The number of allylic oxidation sites excluding steroid dienone is 2. The highest BCUT2D eigenvalue weighted by Crippen LogP contribution is 2.35. The summed E-state index contributed by atoms with van der Waals surface area (Å²) in [6.45, 7) is 7.87. The van der Waals surface area contributed by atoms with Crippen molar-refractivity contribution in [1.82, 2.24) is 4.57 Å². The zero-order valence-corrected chi connectivity index (χ0v) is 25.0. The summed E-state index contributed by atoms with van der Waals surface area (Å²) in [6.07, 6.45) is 9.81. The fraction of sp³-hybridized carbons (Fsp3) is 0.438. The van der Waals surface area contributed by atoms with Crippen LogP contribution in [0.2, 0.25) is 0 Å². The van der Waals surface area contributed by atoms with Crippen LogP contribution < -0.4 is 15.8 Å². The van der Waals surface area contributed by atoms with Crippen molar-refractivity contribution in [3.05, 3.63) is 75.7 Å². The molecule has 2 aromatic carbocycles. The molecule has 2 aliphatic heterocycles.